The van der Waals surface area contributed by atoms with Crippen LogP contribution in [-0.2, 0) is 11.3 Å². The molecule has 0 aliphatic rings. The fraction of sp³-hybridized carbons (Fsp3) is 0.300. The second-order valence-electron chi connectivity index (χ2n) is 2.90. The Morgan fingerprint density at radius 1 is 1.57 bits per heavy atom. The lowest BCUT2D eigenvalue weighted by molar-refractivity contribution is 0.185. The number of nitrogens with two attached hydrogens (primary N) is 1. The Kier molecular flexibility index (Phi) is 3.32. The maximum absolute atomic E-state index is 8.58. The number of rotatable bonds is 3. The van der Waals surface area contributed by atoms with E-state index in [0.717, 1.165) is 11.3 Å². The summed E-state index contributed by atoms with van der Waals surface area (Å²) < 4.78 is 0. The zero-order chi connectivity index (χ0) is 10.6. The van der Waals surface area contributed by atoms with Gasteiger partial charge >= 0.3 is 0 Å². The molecule has 0 radical (unpaired) electrons. The number of nitrogens with zero attached hydrogens (tertiary/aromatic N) is 2. The molecule has 0 saturated carbocycles. The van der Waals surface area contributed by atoms with Crippen molar-refractivity contribution in [2.24, 2.45) is 0 Å². The first-order chi connectivity index (χ1) is 6.69. The summed E-state index contributed by atoms with van der Waals surface area (Å²) in [7, 11) is 3.38. The highest BCUT2D eigenvalue weighted by Gasteiger charge is 2.03. The van der Waals surface area contributed by atoms with Gasteiger partial charge < -0.3 is 5.73 Å². The third-order valence-corrected chi connectivity index (χ3v) is 2.03. The van der Waals surface area contributed by atoms with Crippen molar-refractivity contribution < 1.29 is 4.84 Å². The number of benzene rings is 1. The Labute approximate surface area is 83.5 Å². The topological polar surface area (TPSA) is 62.3 Å². The van der Waals surface area contributed by atoms with Crippen LogP contribution in [0.4, 0.5) is 11.4 Å². The smallest absolute Gasteiger partial charge is 0.0670 e. The average Bonchev–Trinajstić information content (AvgIpc) is 2.20. The highest BCUT2D eigenvalue weighted by Crippen LogP contribution is 2.20. The highest BCUT2D eigenvalue weighted by atomic mass is 16.7. The van der Waals surface area contributed by atoms with Gasteiger partial charge in [0, 0.05) is 12.7 Å². The van der Waals surface area contributed by atoms with Gasteiger partial charge in [0.15, 0.2) is 0 Å². The van der Waals surface area contributed by atoms with Gasteiger partial charge in [0.1, 0.15) is 0 Å². The molecule has 0 fully saturated rings. The van der Waals surface area contributed by atoms with Crippen molar-refractivity contribution in [3.63, 3.8) is 0 Å². The van der Waals surface area contributed by atoms with Gasteiger partial charge in [0.05, 0.1) is 25.3 Å². The molecule has 14 heavy (non-hydrogen) atoms. The third kappa shape index (κ3) is 2.15. The highest BCUT2D eigenvalue weighted by molar-refractivity contribution is 5.58. The van der Waals surface area contributed by atoms with E-state index in [9.17, 15) is 0 Å². The van der Waals surface area contributed by atoms with Gasteiger partial charge in [-0.25, -0.2) is 0 Å². The summed E-state index contributed by atoms with van der Waals surface area (Å²) in [6, 6.07) is 7.54. The van der Waals surface area contributed by atoms with Gasteiger partial charge in [-0.05, 0) is 23.8 Å². The van der Waals surface area contributed by atoms with Crippen LogP contribution in [0.5, 0.6) is 0 Å². The van der Waals surface area contributed by atoms with Crippen LogP contribution in [0.1, 0.15) is 5.56 Å². The van der Waals surface area contributed by atoms with Gasteiger partial charge in [0.25, 0.3) is 0 Å². The van der Waals surface area contributed by atoms with E-state index in [4.69, 9.17) is 15.8 Å². The Bertz CT molecular complexity index is 357. The molecule has 0 aromatic heterocycles. The van der Waals surface area contributed by atoms with Crippen LogP contribution in [0.3, 0.4) is 0 Å². The molecule has 0 atom stereocenters. The molecule has 4 nitrogen and oxygen atoms in total. The van der Waals surface area contributed by atoms with Crippen molar-refractivity contribution in [3.8, 4) is 6.07 Å². The van der Waals surface area contributed by atoms with Crippen LogP contribution in [0.2, 0.25) is 0 Å². The molecule has 4 heteroatoms. The van der Waals surface area contributed by atoms with E-state index >= 15 is 0 Å². The minimum absolute atomic E-state index is 0.317. The number of anilines is 2. The second kappa shape index (κ2) is 4.49. The van der Waals surface area contributed by atoms with Crippen molar-refractivity contribution in [1.29, 1.82) is 5.26 Å². The minimum Gasteiger partial charge on any atom is -0.398 e. The van der Waals surface area contributed by atoms with Gasteiger partial charge in [0.2, 0.25) is 0 Å². The maximum Gasteiger partial charge on any atom is 0.0670 e. The molecule has 0 saturated heterocycles. The third-order valence-electron chi connectivity index (χ3n) is 2.03. The number of nitrogen functional groups attached to an aromatic ring is 1. The molecule has 74 valence electrons. The van der Waals surface area contributed by atoms with E-state index in [1.54, 1.807) is 25.3 Å². The maximum atomic E-state index is 8.58. The molecular weight excluding hydrogens is 178 g/mol. The SMILES string of the molecule is CON(C)c1ccc(N)c(CC#N)c1. The van der Waals surface area contributed by atoms with Crippen LogP contribution < -0.4 is 10.8 Å². The Morgan fingerprint density at radius 2 is 2.29 bits per heavy atom. The van der Waals surface area contributed by atoms with E-state index < -0.39 is 0 Å². The number of nitriles is 1. The molecule has 0 heterocycles. The van der Waals surface area contributed by atoms with Gasteiger partial charge in [-0.15, -0.1) is 0 Å². The second-order valence-corrected chi connectivity index (χ2v) is 2.90. The monoisotopic (exact) mass is 191 g/mol. The average molecular weight is 191 g/mol. The van der Waals surface area contributed by atoms with E-state index in [-0.39, 0.29) is 0 Å². The predicted octanol–water partition coefficient (Wildman–Crippen LogP) is 1.33. The molecule has 0 aliphatic carbocycles. The Hall–Kier alpha value is -1.73. The van der Waals surface area contributed by atoms with Crippen molar-refractivity contribution >= 4 is 11.4 Å². The molecule has 1 aromatic rings. The van der Waals surface area contributed by atoms with Crippen molar-refractivity contribution in [2.45, 2.75) is 6.42 Å². The zero-order valence-electron chi connectivity index (χ0n) is 8.32. The summed E-state index contributed by atoms with van der Waals surface area (Å²) in [6.07, 6.45) is 0.317. The summed E-state index contributed by atoms with van der Waals surface area (Å²) in [5, 5.41) is 10.2. The van der Waals surface area contributed by atoms with E-state index in [1.807, 2.05) is 12.1 Å². The number of hydrogen-bond donors (Lipinski definition) is 1. The van der Waals surface area contributed by atoms with E-state index in [1.165, 1.54) is 0 Å². The standard InChI is InChI=1S/C10H13N3O/c1-13(14-2)9-3-4-10(12)8(7-9)5-6-11/h3-4,7H,5,12H2,1-2H3. The van der Waals surface area contributed by atoms with Crippen LogP contribution in [0.15, 0.2) is 18.2 Å². The molecular formula is C10H13N3O. The molecule has 1 aromatic carbocycles. The quantitative estimate of drug-likeness (QED) is 0.578. The molecule has 0 bridgehead atoms. The van der Waals surface area contributed by atoms with Crippen LogP contribution in [-0.4, -0.2) is 14.2 Å². The fourth-order valence-corrected chi connectivity index (χ4v) is 1.13. The summed E-state index contributed by atoms with van der Waals surface area (Å²) in [4.78, 5) is 5.02. The van der Waals surface area contributed by atoms with Gasteiger partial charge in [-0.3, -0.25) is 9.90 Å². The Balaban J connectivity index is 3.01. The van der Waals surface area contributed by atoms with Gasteiger partial charge in [-0.1, -0.05) is 0 Å². The lowest BCUT2D eigenvalue weighted by atomic mass is 10.1. The zero-order valence-corrected chi connectivity index (χ0v) is 8.32. The van der Waals surface area contributed by atoms with Crippen LogP contribution in [0, 0.1) is 11.3 Å². The van der Waals surface area contributed by atoms with Crippen LogP contribution in [0.25, 0.3) is 0 Å². The Morgan fingerprint density at radius 3 is 2.86 bits per heavy atom. The first-order valence-electron chi connectivity index (χ1n) is 4.22. The predicted molar refractivity (Wildman–Crippen MR) is 55.6 cm³/mol. The van der Waals surface area contributed by atoms with Crippen molar-refractivity contribution in [1.82, 2.24) is 0 Å². The van der Waals surface area contributed by atoms with E-state index in [0.29, 0.717) is 12.1 Å². The summed E-state index contributed by atoms with van der Waals surface area (Å²) in [6.45, 7) is 0. The fourth-order valence-electron chi connectivity index (χ4n) is 1.13. The van der Waals surface area contributed by atoms with Crippen molar-refractivity contribution in [2.75, 3.05) is 25.0 Å². The molecule has 0 spiro atoms. The van der Waals surface area contributed by atoms with Crippen molar-refractivity contribution in [3.05, 3.63) is 23.8 Å². The largest absolute Gasteiger partial charge is 0.398 e. The summed E-state index contributed by atoms with van der Waals surface area (Å²) >= 11 is 0. The first-order valence-corrected chi connectivity index (χ1v) is 4.22. The number of hydroxylamine groups is 1. The molecule has 0 unspecified atom stereocenters. The lowest BCUT2D eigenvalue weighted by Crippen LogP contribution is -2.15. The normalized spacial score (nSPS) is 9.50. The lowest BCUT2D eigenvalue weighted by Gasteiger charge is -2.16. The molecule has 0 aliphatic heterocycles. The van der Waals surface area contributed by atoms with Crippen LogP contribution >= 0.6 is 0 Å². The summed E-state index contributed by atoms with van der Waals surface area (Å²) in [5.74, 6) is 0. The first kappa shape index (κ1) is 10.4. The molecule has 2 N–H and O–H groups in total. The van der Waals surface area contributed by atoms with E-state index in [2.05, 4.69) is 6.07 Å². The van der Waals surface area contributed by atoms with Gasteiger partial charge in [-0.2, -0.15) is 5.26 Å². The molecule has 1 rings (SSSR count). The minimum atomic E-state index is 0.317. The summed E-state index contributed by atoms with van der Waals surface area (Å²) in [5.41, 5.74) is 8.05. The molecule has 0 amide bonds. The number of hydrogen-bond acceptors (Lipinski definition) is 4.